The highest BCUT2D eigenvalue weighted by Gasteiger charge is 2.23. The minimum absolute atomic E-state index is 0.0164. The molecule has 0 aliphatic carbocycles. The van der Waals surface area contributed by atoms with Crippen LogP contribution in [0.2, 0.25) is 0 Å². The first-order chi connectivity index (χ1) is 11.3. The normalized spacial score (nSPS) is 11.4. The largest absolute Gasteiger partial charge is 0.495 e. The van der Waals surface area contributed by atoms with Crippen LogP contribution in [-0.4, -0.2) is 39.8 Å². The van der Waals surface area contributed by atoms with Crippen molar-refractivity contribution in [3.8, 4) is 5.75 Å². The maximum Gasteiger partial charge on any atom is 0.255 e. The monoisotopic (exact) mass is 352 g/mol. The Morgan fingerprint density at radius 2 is 1.83 bits per heavy atom. The molecule has 0 saturated heterocycles. The van der Waals surface area contributed by atoms with E-state index in [9.17, 15) is 17.6 Å². The molecule has 0 bridgehead atoms. The lowest BCUT2D eigenvalue weighted by Gasteiger charge is -2.14. The second-order valence-corrected chi connectivity index (χ2v) is 7.21. The summed E-state index contributed by atoms with van der Waals surface area (Å²) in [5.41, 5.74) is 0.439. The van der Waals surface area contributed by atoms with Gasteiger partial charge in [-0.25, -0.2) is 17.1 Å². The van der Waals surface area contributed by atoms with Crippen molar-refractivity contribution in [1.29, 1.82) is 0 Å². The second kappa shape index (κ2) is 6.98. The van der Waals surface area contributed by atoms with Crippen molar-refractivity contribution in [3.63, 3.8) is 0 Å². The maximum absolute atomic E-state index is 13.9. The highest BCUT2D eigenvalue weighted by Crippen LogP contribution is 2.25. The number of para-hydroxylation sites is 2. The second-order valence-electron chi connectivity index (χ2n) is 5.09. The summed E-state index contributed by atoms with van der Waals surface area (Å²) in [6.07, 6.45) is 0. The van der Waals surface area contributed by atoms with Crippen LogP contribution in [0.1, 0.15) is 10.4 Å². The molecule has 2 aromatic carbocycles. The van der Waals surface area contributed by atoms with E-state index in [0.29, 0.717) is 11.4 Å². The highest BCUT2D eigenvalue weighted by molar-refractivity contribution is 7.89. The molecule has 0 aliphatic heterocycles. The van der Waals surface area contributed by atoms with E-state index in [2.05, 4.69) is 5.32 Å². The fourth-order valence-corrected chi connectivity index (χ4v) is 2.97. The van der Waals surface area contributed by atoms with Gasteiger partial charge in [0, 0.05) is 19.7 Å². The lowest BCUT2D eigenvalue weighted by atomic mass is 10.2. The lowest BCUT2D eigenvalue weighted by Crippen LogP contribution is -2.24. The Balaban J connectivity index is 2.38. The molecule has 128 valence electrons. The minimum Gasteiger partial charge on any atom is -0.495 e. The first-order valence-electron chi connectivity index (χ1n) is 6.94. The summed E-state index contributed by atoms with van der Waals surface area (Å²) < 4.78 is 44.1. The molecule has 1 amide bonds. The smallest absolute Gasteiger partial charge is 0.255 e. The van der Waals surface area contributed by atoms with Crippen LogP contribution in [0.15, 0.2) is 47.4 Å². The average Bonchev–Trinajstić information content (AvgIpc) is 2.55. The van der Waals surface area contributed by atoms with Crippen molar-refractivity contribution in [2.75, 3.05) is 26.5 Å². The predicted octanol–water partition coefficient (Wildman–Crippen LogP) is 2.34. The molecule has 1 N–H and O–H groups in total. The molecule has 0 radical (unpaired) electrons. The quantitative estimate of drug-likeness (QED) is 0.896. The van der Waals surface area contributed by atoms with Gasteiger partial charge in [-0.05, 0) is 30.3 Å². The molecular formula is C16H17FN2O4S. The van der Waals surface area contributed by atoms with E-state index >= 15 is 0 Å². The molecule has 8 heteroatoms. The van der Waals surface area contributed by atoms with Gasteiger partial charge in [0.15, 0.2) is 0 Å². The molecule has 0 heterocycles. The molecule has 6 nitrogen and oxygen atoms in total. The summed E-state index contributed by atoms with van der Waals surface area (Å²) in [7, 11) is 0.0434. The number of amides is 1. The van der Waals surface area contributed by atoms with Crippen LogP contribution >= 0.6 is 0 Å². The third kappa shape index (κ3) is 3.55. The fraction of sp³-hybridized carbons (Fsp3) is 0.188. The number of ether oxygens (including phenoxy) is 1. The first-order valence-corrected chi connectivity index (χ1v) is 8.38. The van der Waals surface area contributed by atoms with Crippen molar-refractivity contribution < 1.29 is 22.3 Å². The summed E-state index contributed by atoms with van der Waals surface area (Å²) in [5, 5.41) is 2.61. The van der Waals surface area contributed by atoms with E-state index in [0.717, 1.165) is 16.4 Å². The topological polar surface area (TPSA) is 75.7 Å². The molecule has 2 aromatic rings. The summed E-state index contributed by atoms with van der Waals surface area (Å²) in [6.45, 7) is 0. The van der Waals surface area contributed by atoms with Crippen molar-refractivity contribution in [2.45, 2.75) is 4.90 Å². The molecule has 0 atom stereocenters. The van der Waals surface area contributed by atoms with Crippen molar-refractivity contribution in [3.05, 3.63) is 53.8 Å². The average molecular weight is 352 g/mol. The Hall–Kier alpha value is -2.45. The van der Waals surface area contributed by atoms with Gasteiger partial charge in [0.25, 0.3) is 5.91 Å². The third-order valence-electron chi connectivity index (χ3n) is 3.31. The van der Waals surface area contributed by atoms with Crippen LogP contribution in [0.5, 0.6) is 5.75 Å². The number of carbonyl (C=O) groups excluding carboxylic acids is 1. The van der Waals surface area contributed by atoms with Crippen LogP contribution in [0.3, 0.4) is 0 Å². The maximum atomic E-state index is 13.9. The third-order valence-corrected chi connectivity index (χ3v) is 5.14. The highest BCUT2D eigenvalue weighted by atomic mass is 32.2. The number of hydrogen-bond donors (Lipinski definition) is 1. The number of hydrogen-bond acceptors (Lipinski definition) is 4. The van der Waals surface area contributed by atoms with Crippen LogP contribution in [0, 0.1) is 5.82 Å². The number of rotatable bonds is 5. The zero-order chi connectivity index (χ0) is 17.9. The van der Waals surface area contributed by atoms with Gasteiger partial charge in [0.1, 0.15) is 16.5 Å². The Labute approximate surface area is 139 Å². The Morgan fingerprint density at radius 1 is 1.17 bits per heavy atom. The van der Waals surface area contributed by atoms with Gasteiger partial charge in [0.05, 0.1) is 12.8 Å². The number of nitrogens with zero attached hydrogens (tertiary/aromatic N) is 1. The minimum atomic E-state index is -4.00. The van der Waals surface area contributed by atoms with Crippen molar-refractivity contribution in [2.24, 2.45) is 0 Å². The fourth-order valence-electron chi connectivity index (χ4n) is 1.98. The predicted molar refractivity (Wildman–Crippen MR) is 88.2 cm³/mol. The zero-order valence-electron chi connectivity index (χ0n) is 13.4. The molecule has 0 unspecified atom stereocenters. The Kier molecular flexibility index (Phi) is 5.20. The molecule has 24 heavy (non-hydrogen) atoms. The summed E-state index contributed by atoms with van der Waals surface area (Å²) >= 11 is 0. The van der Waals surface area contributed by atoms with Gasteiger partial charge >= 0.3 is 0 Å². The SMILES string of the molecule is COc1ccccc1NC(=O)c1ccc(F)c(S(=O)(=O)N(C)C)c1. The molecule has 0 spiro atoms. The van der Waals surface area contributed by atoms with Gasteiger partial charge < -0.3 is 10.1 Å². The lowest BCUT2D eigenvalue weighted by molar-refractivity contribution is 0.102. The molecule has 2 rings (SSSR count). The molecule has 0 aromatic heterocycles. The number of sulfonamides is 1. The van der Waals surface area contributed by atoms with E-state index in [-0.39, 0.29) is 5.56 Å². The zero-order valence-corrected chi connectivity index (χ0v) is 14.2. The number of nitrogens with one attached hydrogen (secondary N) is 1. The molecule has 0 fully saturated rings. The number of anilines is 1. The van der Waals surface area contributed by atoms with Gasteiger partial charge in [-0.3, -0.25) is 4.79 Å². The van der Waals surface area contributed by atoms with E-state index in [1.165, 1.54) is 27.3 Å². The summed E-state index contributed by atoms with van der Waals surface area (Å²) in [5.74, 6) is -1.04. The first kappa shape index (κ1) is 17.9. The Morgan fingerprint density at radius 3 is 2.46 bits per heavy atom. The van der Waals surface area contributed by atoms with E-state index in [1.807, 2.05) is 0 Å². The van der Waals surface area contributed by atoms with Gasteiger partial charge in [-0.2, -0.15) is 0 Å². The number of benzene rings is 2. The molecule has 0 aliphatic rings. The molecular weight excluding hydrogens is 335 g/mol. The van der Waals surface area contributed by atoms with E-state index < -0.39 is 26.6 Å². The summed E-state index contributed by atoms with van der Waals surface area (Å²) in [6, 6.07) is 9.94. The van der Waals surface area contributed by atoms with E-state index in [1.54, 1.807) is 24.3 Å². The number of carbonyl (C=O) groups is 1. The van der Waals surface area contributed by atoms with Crippen LogP contribution in [0.4, 0.5) is 10.1 Å². The number of methoxy groups -OCH3 is 1. The van der Waals surface area contributed by atoms with Crippen LogP contribution in [0.25, 0.3) is 0 Å². The standard InChI is InChI=1S/C16H17FN2O4S/c1-19(2)24(21,22)15-10-11(8-9-12(15)17)16(20)18-13-6-4-5-7-14(13)23-3/h4-10H,1-3H3,(H,18,20). The van der Waals surface area contributed by atoms with Gasteiger partial charge in [0.2, 0.25) is 10.0 Å². The molecule has 0 saturated carbocycles. The van der Waals surface area contributed by atoms with Crippen molar-refractivity contribution in [1.82, 2.24) is 4.31 Å². The van der Waals surface area contributed by atoms with E-state index in [4.69, 9.17) is 4.74 Å². The van der Waals surface area contributed by atoms with Gasteiger partial charge in [-0.15, -0.1) is 0 Å². The van der Waals surface area contributed by atoms with Crippen molar-refractivity contribution >= 4 is 21.6 Å². The van der Waals surface area contributed by atoms with Crippen LogP contribution < -0.4 is 10.1 Å². The summed E-state index contributed by atoms with van der Waals surface area (Å²) in [4.78, 5) is 11.8. The van der Waals surface area contributed by atoms with Crippen LogP contribution in [-0.2, 0) is 10.0 Å². The number of halogens is 1. The Bertz CT molecular complexity index is 866. The van der Waals surface area contributed by atoms with Gasteiger partial charge in [-0.1, -0.05) is 12.1 Å².